The highest BCUT2D eigenvalue weighted by atomic mass is 31.0. The van der Waals surface area contributed by atoms with Crippen molar-refractivity contribution in [2.24, 2.45) is 0 Å². The van der Waals surface area contributed by atoms with Crippen LogP contribution in [0.5, 0.6) is 5.75 Å². The summed E-state index contributed by atoms with van der Waals surface area (Å²) in [7, 11) is 0. The van der Waals surface area contributed by atoms with E-state index in [2.05, 4.69) is 60.6 Å². The molecule has 0 aromatic heterocycles. The first-order valence-electron chi connectivity index (χ1n) is 5.88. The number of aromatic hydroxyl groups is 1. The summed E-state index contributed by atoms with van der Waals surface area (Å²) in [5.41, 5.74) is 3.26. The number of phenols is 1. The maximum Gasteiger partial charge on any atom is 0.123 e. The van der Waals surface area contributed by atoms with Crippen molar-refractivity contribution in [3.8, 4) is 5.75 Å². The molecule has 98 valence electrons. The molecule has 0 spiro atoms. The van der Waals surface area contributed by atoms with Gasteiger partial charge in [-0.1, -0.05) is 59.2 Å². The molecule has 0 radical (unpaired) electrons. The lowest BCUT2D eigenvalue weighted by Crippen LogP contribution is -2.17. The van der Waals surface area contributed by atoms with E-state index in [4.69, 9.17) is 0 Å². The zero-order valence-corrected chi connectivity index (χ0v) is 13.7. The number of rotatable bonds is 0. The zero-order valence-electron chi connectivity index (χ0n) is 12.3. The fraction of sp³-hybridized carbons (Fsp3) is 0.600. The van der Waals surface area contributed by atoms with E-state index in [9.17, 15) is 5.11 Å². The van der Waals surface area contributed by atoms with Crippen molar-refractivity contribution in [3.63, 3.8) is 0 Å². The van der Waals surface area contributed by atoms with Crippen LogP contribution in [-0.2, 0) is 10.8 Å². The molecule has 0 saturated heterocycles. The van der Waals surface area contributed by atoms with Crippen molar-refractivity contribution in [3.05, 3.63) is 28.8 Å². The normalized spacial score (nSPS) is 12.2. The molecular formula is C15H27OP. The van der Waals surface area contributed by atoms with Gasteiger partial charge in [0.25, 0.3) is 0 Å². The molecule has 17 heavy (non-hydrogen) atoms. The molecule has 1 nitrogen and oxygen atoms in total. The van der Waals surface area contributed by atoms with Crippen LogP contribution in [0.25, 0.3) is 0 Å². The van der Waals surface area contributed by atoms with Gasteiger partial charge < -0.3 is 5.11 Å². The molecule has 0 aliphatic rings. The highest BCUT2D eigenvalue weighted by Crippen LogP contribution is 2.39. The predicted octanol–water partition coefficient (Wildman–Crippen LogP) is 4.35. The quantitative estimate of drug-likeness (QED) is 0.682. The summed E-state index contributed by atoms with van der Waals surface area (Å²) < 4.78 is 0. The molecule has 1 rings (SSSR count). The number of benzene rings is 1. The average Bonchev–Trinajstić information content (AvgIpc) is 2.04. The summed E-state index contributed by atoms with van der Waals surface area (Å²) >= 11 is 0. The number of hydrogen-bond acceptors (Lipinski definition) is 1. The van der Waals surface area contributed by atoms with Gasteiger partial charge in [-0.15, -0.1) is 0 Å². The Bertz CT molecular complexity index is 359. The Labute approximate surface area is 109 Å². The third kappa shape index (κ3) is 3.71. The summed E-state index contributed by atoms with van der Waals surface area (Å²) in [5.74, 6) is 0.464. The maximum absolute atomic E-state index is 10.4. The minimum absolute atomic E-state index is 0. The minimum Gasteiger partial charge on any atom is -0.507 e. The Morgan fingerprint density at radius 1 is 0.824 bits per heavy atom. The molecule has 1 atom stereocenters. The van der Waals surface area contributed by atoms with Gasteiger partial charge in [-0.25, -0.2) is 0 Å². The molecule has 1 aromatic carbocycles. The summed E-state index contributed by atoms with van der Waals surface area (Å²) in [6, 6.07) is 4.18. The van der Waals surface area contributed by atoms with Crippen molar-refractivity contribution >= 4 is 9.90 Å². The van der Waals surface area contributed by atoms with Crippen LogP contribution in [0.3, 0.4) is 0 Å². The van der Waals surface area contributed by atoms with Gasteiger partial charge in [0.1, 0.15) is 5.75 Å². The maximum atomic E-state index is 10.4. The van der Waals surface area contributed by atoms with Crippen LogP contribution in [0.1, 0.15) is 58.2 Å². The summed E-state index contributed by atoms with van der Waals surface area (Å²) in [6.45, 7) is 14.9. The van der Waals surface area contributed by atoms with E-state index in [1.165, 1.54) is 5.56 Å². The second kappa shape index (κ2) is 4.98. The molecule has 0 bridgehead atoms. The predicted molar refractivity (Wildman–Crippen MR) is 81.3 cm³/mol. The van der Waals surface area contributed by atoms with Gasteiger partial charge in [-0.3, -0.25) is 0 Å². The lowest BCUT2D eigenvalue weighted by molar-refractivity contribution is 0.423. The molecule has 1 N–H and O–H groups in total. The van der Waals surface area contributed by atoms with Crippen LogP contribution in [-0.4, -0.2) is 5.11 Å². The molecule has 0 aliphatic heterocycles. The average molecular weight is 254 g/mol. The first-order chi connectivity index (χ1) is 7.03. The fourth-order valence-corrected chi connectivity index (χ4v) is 1.92. The van der Waals surface area contributed by atoms with Crippen LogP contribution >= 0.6 is 9.90 Å². The van der Waals surface area contributed by atoms with Crippen molar-refractivity contribution < 1.29 is 5.11 Å². The van der Waals surface area contributed by atoms with E-state index in [-0.39, 0.29) is 20.7 Å². The topological polar surface area (TPSA) is 20.2 Å². The SMILES string of the molecule is Cc1cc(C(C)(C)C)c(O)c(C(C)(C)C)c1.P. The monoisotopic (exact) mass is 254 g/mol. The van der Waals surface area contributed by atoms with E-state index in [1.807, 2.05) is 0 Å². The molecular weight excluding hydrogens is 227 g/mol. The first-order valence-corrected chi connectivity index (χ1v) is 5.88. The first kappa shape index (κ1) is 16.4. The fourth-order valence-electron chi connectivity index (χ4n) is 1.92. The van der Waals surface area contributed by atoms with E-state index < -0.39 is 0 Å². The second-order valence-corrected chi connectivity index (χ2v) is 6.71. The van der Waals surface area contributed by atoms with Crippen LogP contribution in [0.4, 0.5) is 0 Å². The van der Waals surface area contributed by atoms with Gasteiger partial charge >= 0.3 is 0 Å². The molecule has 0 aliphatic carbocycles. The Morgan fingerprint density at radius 2 is 1.12 bits per heavy atom. The van der Waals surface area contributed by atoms with Crippen LogP contribution in [0.15, 0.2) is 12.1 Å². The van der Waals surface area contributed by atoms with Crippen molar-refractivity contribution in [2.75, 3.05) is 0 Å². The highest BCUT2D eigenvalue weighted by molar-refractivity contribution is 6.92. The molecule has 0 amide bonds. The van der Waals surface area contributed by atoms with E-state index in [1.54, 1.807) is 0 Å². The molecule has 1 aromatic rings. The summed E-state index contributed by atoms with van der Waals surface area (Å²) in [6.07, 6.45) is 0. The number of phenolic OH excluding ortho intramolecular Hbond substituents is 1. The Kier molecular flexibility index (Phi) is 4.82. The van der Waals surface area contributed by atoms with Gasteiger partial charge in [0, 0.05) is 0 Å². The summed E-state index contributed by atoms with van der Waals surface area (Å²) in [5, 5.41) is 10.4. The lowest BCUT2D eigenvalue weighted by atomic mass is 9.78. The van der Waals surface area contributed by atoms with Gasteiger partial charge in [0.2, 0.25) is 0 Å². The van der Waals surface area contributed by atoms with Crippen LogP contribution < -0.4 is 0 Å². The highest BCUT2D eigenvalue weighted by Gasteiger charge is 2.25. The summed E-state index contributed by atoms with van der Waals surface area (Å²) in [4.78, 5) is 0. The van der Waals surface area contributed by atoms with Crippen molar-refractivity contribution in [1.29, 1.82) is 0 Å². The van der Waals surface area contributed by atoms with Gasteiger partial charge in [-0.2, -0.15) is 9.90 Å². The van der Waals surface area contributed by atoms with Crippen LogP contribution in [0, 0.1) is 6.92 Å². The standard InChI is InChI=1S/C15H24O.H3P/c1-10-8-11(14(2,3)4)13(16)12(9-10)15(5,6)7;/h8-9,16H,1-7H3;1H3. The number of aryl methyl sites for hydroxylation is 1. The van der Waals surface area contributed by atoms with E-state index in [0.717, 1.165) is 11.1 Å². The molecule has 0 heterocycles. The largest absolute Gasteiger partial charge is 0.507 e. The van der Waals surface area contributed by atoms with Crippen LogP contribution in [0.2, 0.25) is 0 Å². The Balaban J connectivity index is 0.00000256. The molecule has 2 heteroatoms. The minimum atomic E-state index is -0.0178. The second-order valence-electron chi connectivity index (χ2n) is 6.71. The number of hydrogen-bond donors (Lipinski definition) is 1. The lowest BCUT2D eigenvalue weighted by Gasteiger charge is -2.27. The van der Waals surface area contributed by atoms with E-state index >= 15 is 0 Å². The zero-order chi connectivity index (χ0) is 12.7. The Hall–Kier alpha value is -0.550. The molecule has 0 saturated carbocycles. The smallest absolute Gasteiger partial charge is 0.123 e. The molecule has 1 unspecified atom stereocenters. The Morgan fingerprint density at radius 3 is 1.35 bits per heavy atom. The van der Waals surface area contributed by atoms with E-state index in [0.29, 0.717) is 5.75 Å². The molecule has 0 fully saturated rings. The third-order valence-corrected chi connectivity index (χ3v) is 2.87. The van der Waals surface area contributed by atoms with Gasteiger partial charge in [-0.05, 0) is 28.9 Å². The van der Waals surface area contributed by atoms with Gasteiger partial charge in [0.15, 0.2) is 0 Å². The van der Waals surface area contributed by atoms with Crippen molar-refractivity contribution in [1.82, 2.24) is 0 Å². The third-order valence-electron chi connectivity index (χ3n) is 2.87. The van der Waals surface area contributed by atoms with Crippen molar-refractivity contribution in [2.45, 2.75) is 59.3 Å². The van der Waals surface area contributed by atoms with Gasteiger partial charge in [0.05, 0.1) is 0 Å².